The molecule has 1 amide bonds. The van der Waals surface area contributed by atoms with Crippen LogP contribution >= 0.6 is 0 Å². The maximum atomic E-state index is 11.6. The number of carbonyl (C=O) groups is 2. The number of phenolic OH excluding ortho intramolecular Hbond substituents is 1. The van der Waals surface area contributed by atoms with Crippen molar-refractivity contribution in [3.8, 4) is 17.6 Å². The van der Waals surface area contributed by atoms with Crippen molar-refractivity contribution in [1.29, 1.82) is 0 Å². The highest BCUT2D eigenvalue weighted by molar-refractivity contribution is 5.82. The van der Waals surface area contributed by atoms with Crippen molar-refractivity contribution >= 4 is 18.1 Å². The third-order valence-corrected chi connectivity index (χ3v) is 3.42. The van der Waals surface area contributed by atoms with Crippen LogP contribution in [0.15, 0.2) is 42.5 Å². The largest absolute Gasteiger partial charge is 0.506 e. The molecular weight excluding hydrogens is 352 g/mol. The van der Waals surface area contributed by atoms with Gasteiger partial charge in [0.1, 0.15) is 12.4 Å². The average molecular weight is 368 g/mol. The fraction of sp³-hybridized carbons (Fsp3) is 0.158. The lowest BCUT2D eigenvalue weighted by molar-refractivity contribution is -0.384. The summed E-state index contributed by atoms with van der Waals surface area (Å²) < 4.78 is 5.03. The molecule has 0 saturated heterocycles. The van der Waals surface area contributed by atoms with Crippen molar-refractivity contribution < 1.29 is 24.4 Å². The smallest absolute Gasteiger partial charge is 0.407 e. The molecule has 8 nitrogen and oxygen atoms in total. The van der Waals surface area contributed by atoms with Crippen molar-refractivity contribution in [3.05, 3.63) is 69.3 Å². The number of aldehydes is 1. The normalized spacial score (nSPS) is 9.63. The summed E-state index contributed by atoms with van der Waals surface area (Å²) in [7, 11) is 0. The number of rotatable bonds is 6. The zero-order chi connectivity index (χ0) is 19.6. The van der Waals surface area contributed by atoms with Gasteiger partial charge in [-0.1, -0.05) is 42.2 Å². The predicted molar refractivity (Wildman–Crippen MR) is 96.3 cm³/mol. The standard InChI is InChI=1S/C19H16N2O6/c22-12-16-11-17(21(25)26)10-15(18(16)23)8-4-5-9-20-19(24)27-13-14-6-2-1-3-7-14/h1-3,6-7,10-12,23H,5,9,13H2,(H,20,24). The first-order chi connectivity index (χ1) is 13.0. The Hall–Kier alpha value is -3.86. The number of carbonyl (C=O) groups excluding carboxylic acids is 2. The van der Waals surface area contributed by atoms with E-state index in [1.807, 2.05) is 30.3 Å². The molecule has 27 heavy (non-hydrogen) atoms. The van der Waals surface area contributed by atoms with Gasteiger partial charge in [0.2, 0.25) is 0 Å². The molecule has 0 spiro atoms. The van der Waals surface area contributed by atoms with Crippen LogP contribution in [0.5, 0.6) is 5.75 Å². The Morgan fingerprint density at radius 3 is 2.70 bits per heavy atom. The molecule has 138 valence electrons. The molecule has 8 heteroatoms. The molecule has 0 aliphatic rings. The minimum absolute atomic E-state index is 0.0297. The van der Waals surface area contributed by atoms with E-state index in [0.717, 1.165) is 17.7 Å². The van der Waals surface area contributed by atoms with Gasteiger partial charge in [-0.05, 0) is 5.56 Å². The monoisotopic (exact) mass is 368 g/mol. The lowest BCUT2D eigenvalue weighted by atomic mass is 10.1. The molecule has 2 aromatic carbocycles. The fourth-order valence-corrected chi connectivity index (χ4v) is 2.09. The maximum absolute atomic E-state index is 11.6. The van der Waals surface area contributed by atoms with Crippen LogP contribution < -0.4 is 5.32 Å². The summed E-state index contributed by atoms with van der Waals surface area (Å²) >= 11 is 0. The van der Waals surface area contributed by atoms with E-state index in [2.05, 4.69) is 17.2 Å². The van der Waals surface area contributed by atoms with Crippen molar-refractivity contribution in [2.45, 2.75) is 13.0 Å². The van der Waals surface area contributed by atoms with Gasteiger partial charge in [-0.2, -0.15) is 0 Å². The molecule has 0 atom stereocenters. The highest BCUT2D eigenvalue weighted by Crippen LogP contribution is 2.26. The summed E-state index contributed by atoms with van der Waals surface area (Å²) in [5, 5.41) is 23.2. The van der Waals surface area contributed by atoms with Crippen LogP contribution in [0.2, 0.25) is 0 Å². The minimum atomic E-state index is -0.679. The van der Waals surface area contributed by atoms with Crippen molar-refractivity contribution in [1.82, 2.24) is 5.32 Å². The number of alkyl carbamates (subject to hydrolysis) is 1. The molecule has 2 N–H and O–H groups in total. The second-order valence-electron chi connectivity index (χ2n) is 5.35. The molecule has 0 bridgehead atoms. The Balaban J connectivity index is 1.86. The van der Waals surface area contributed by atoms with Crippen LogP contribution in [0, 0.1) is 22.0 Å². The Labute approximate surface area is 154 Å². The first-order valence-corrected chi connectivity index (χ1v) is 7.91. The number of nitrogens with zero attached hydrogens (tertiary/aromatic N) is 1. The lowest BCUT2D eigenvalue weighted by Crippen LogP contribution is -2.24. The molecule has 0 aliphatic carbocycles. The second kappa shape index (κ2) is 9.58. The van der Waals surface area contributed by atoms with Gasteiger partial charge in [-0.25, -0.2) is 4.79 Å². The zero-order valence-electron chi connectivity index (χ0n) is 14.2. The number of benzene rings is 2. The van der Waals surface area contributed by atoms with Crippen molar-refractivity contribution in [3.63, 3.8) is 0 Å². The average Bonchev–Trinajstić information content (AvgIpc) is 2.67. The summed E-state index contributed by atoms with van der Waals surface area (Å²) in [5.74, 6) is 4.81. The highest BCUT2D eigenvalue weighted by atomic mass is 16.6. The number of phenols is 1. The maximum Gasteiger partial charge on any atom is 0.407 e. The lowest BCUT2D eigenvalue weighted by Gasteiger charge is -2.05. The molecule has 0 radical (unpaired) electrons. The Bertz CT molecular complexity index is 900. The summed E-state index contributed by atoms with van der Waals surface area (Å²) in [5.41, 5.74) is 0.274. The SMILES string of the molecule is O=Cc1cc([N+](=O)[O-])cc(C#CCCNC(=O)OCc2ccccc2)c1O. The van der Waals surface area contributed by atoms with Crippen LogP contribution in [0.3, 0.4) is 0 Å². The highest BCUT2D eigenvalue weighted by Gasteiger charge is 2.14. The molecule has 0 fully saturated rings. The summed E-state index contributed by atoms with van der Waals surface area (Å²) in [4.78, 5) is 32.6. The second-order valence-corrected chi connectivity index (χ2v) is 5.35. The number of aromatic hydroxyl groups is 1. The third kappa shape index (κ3) is 5.86. The van der Waals surface area contributed by atoms with E-state index in [4.69, 9.17) is 4.74 Å². The quantitative estimate of drug-likeness (QED) is 0.266. The molecule has 0 aliphatic heterocycles. The predicted octanol–water partition coefficient (Wildman–Crippen LogP) is 2.78. The number of ether oxygens (including phenoxy) is 1. The Kier molecular flexibility index (Phi) is 6.91. The van der Waals surface area contributed by atoms with E-state index in [1.54, 1.807) is 0 Å². The van der Waals surface area contributed by atoms with Gasteiger partial charge < -0.3 is 15.2 Å². The fourth-order valence-electron chi connectivity index (χ4n) is 2.09. The molecule has 0 unspecified atom stereocenters. The van der Waals surface area contributed by atoms with Crippen LogP contribution in [-0.4, -0.2) is 29.0 Å². The van der Waals surface area contributed by atoms with Crippen LogP contribution in [0.4, 0.5) is 10.5 Å². The summed E-state index contributed by atoms with van der Waals surface area (Å²) in [6, 6.07) is 11.3. The van der Waals surface area contributed by atoms with Crippen LogP contribution in [0.1, 0.15) is 27.9 Å². The van der Waals surface area contributed by atoms with E-state index in [-0.39, 0.29) is 36.4 Å². The van der Waals surface area contributed by atoms with Gasteiger partial charge in [0.05, 0.1) is 16.1 Å². The number of nitro benzene ring substituents is 1. The first kappa shape index (κ1) is 19.5. The van der Waals surface area contributed by atoms with Gasteiger partial charge in [-0.15, -0.1) is 0 Å². The molecule has 0 saturated carbocycles. The number of hydrogen-bond donors (Lipinski definition) is 2. The van der Waals surface area contributed by atoms with E-state index in [1.165, 1.54) is 0 Å². The molecule has 0 aromatic heterocycles. The van der Waals surface area contributed by atoms with E-state index < -0.39 is 16.8 Å². The topological polar surface area (TPSA) is 119 Å². The Morgan fingerprint density at radius 1 is 1.30 bits per heavy atom. The van der Waals surface area contributed by atoms with Gasteiger partial charge >= 0.3 is 6.09 Å². The van der Waals surface area contributed by atoms with Gasteiger partial charge in [-0.3, -0.25) is 14.9 Å². The molecule has 2 aromatic rings. The van der Waals surface area contributed by atoms with E-state index in [9.17, 15) is 24.8 Å². The van der Waals surface area contributed by atoms with Crippen LogP contribution in [0.25, 0.3) is 0 Å². The minimum Gasteiger partial charge on any atom is -0.506 e. The number of nitrogens with one attached hydrogen (secondary N) is 1. The molecule has 2 rings (SSSR count). The van der Waals surface area contributed by atoms with E-state index in [0.29, 0.717) is 6.29 Å². The number of nitro groups is 1. The van der Waals surface area contributed by atoms with E-state index >= 15 is 0 Å². The van der Waals surface area contributed by atoms with Gasteiger partial charge in [0.25, 0.3) is 5.69 Å². The summed E-state index contributed by atoms with van der Waals surface area (Å²) in [6.07, 6.45) is -0.0568. The summed E-state index contributed by atoms with van der Waals surface area (Å²) in [6.45, 7) is 0.339. The Morgan fingerprint density at radius 2 is 2.04 bits per heavy atom. The van der Waals surface area contributed by atoms with Crippen molar-refractivity contribution in [2.75, 3.05) is 6.54 Å². The van der Waals surface area contributed by atoms with Gasteiger partial charge in [0.15, 0.2) is 6.29 Å². The third-order valence-electron chi connectivity index (χ3n) is 3.42. The number of non-ortho nitro benzene ring substituents is 1. The van der Waals surface area contributed by atoms with Crippen LogP contribution in [-0.2, 0) is 11.3 Å². The zero-order valence-corrected chi connectivity index (χ0v) is 14.2. The molecule has 0 heterocycles. The molecular formula is C19H16N2O6. The number of hydrogen-bond acceptors (Lipinski definition) is 6. The first-order valence-electron chi connectivity index (χ1n) is 7.91. The van der Waals surface area contributed by atoms with Gasteiger partial charge in [0, 0.05) is 25.1 Å². The number of amides is 1. The van der Waals surface area contributed by atoms with Crippen molar-refractivity contribution in [2.24, 2.45) is 0 Å².